The Morgan fingerprint density at radius 3 is 2.50 bits per heavy atom. The molecule has 0 N–H and O–H groups in total. The minimum Gasteiger partial charge on any atom is -0.378 e. The highest BCUT2D eigenvalue weighted by Crippen LogP contribution is 2.35. The van der Waals surface area contributed by atoms with E-state index in [4.69, 9.17) is 9.72 Å². The molecule has 5 heteroatoms. The lowest BCUT2D eigenvalue weighted by molar-refractivity contribution is 0.122. The molecule has 0 saturated carbocycles. The minimum absolute atomic E-state index is 0.658. The molecular weight excluding hydrogens is 372 g/mol. The van der Waals surface area contributed by atoms with Gasteiger partial charge in [0.2, 0.25) is 0 Å². The first-order valence-electron chi connectivity index (χ1n) is 10.4. The van der Waals surface area contributed by atoms with Crippen LogP contribution < -0.4 is 4.90 Å². The average molecular weight is 396 g/mol. The van der Waals surface area contributed by atoms with Crippen molar-refractivity contribution >= 4 is 22.5 Å². The second kappa shape index (κ2) is 7.47. The van der Waals surface area contributed by atoms with E-state index in [0.29, 0.717) is 18.8 Å². The van der Waals surface area contributed by atoms with E-state index in [1.54, 1.807) is 0 Å². The number of pyridine rings is 1. The number of hydrogen-bond acceptors (Lipinski definition) is 4. The normalized spacial score (nSPS) is 14.4. The number of anilines is 1. The summed E-state index contributed by atoms with van der Waals surface area (Å²) in [5.41, 5.74) is 8.04. The molecule has 1 saturated heterocycles. The predicted octanol–water partition coefficient (Wildman–Crippen LogP) is 4.40. The first kappa shape index (κ1) is 18.7. The molecule has 0 amide bonds. The molecule has 2 aromatic carbocycles. The number of imidazole rings is 1. The van der Waals surface area contributed by atoms with E-state index in [1.165, 1.54) is 16.7 Å². The van der Waals surface area contributed by atoms with Gasteiger partial charge >= 0.3 is 0 Å². The maximum absolute atomic E-state index is 10.0. The van der Waals surface area contributed by atoms with Crippen LogP contribution in [0.2, 0.25) is 0 Å². The quantitative estimate of drug-likeness (QED) is 0.515. The van der Waals surface area contributed by atoms with E-state index >= 15 is 0 Å². The molecule has 0 bridgehead atoms. The predicted molar refractivity (Wildman–Crippen MR) is 119 cm³/mol. The first-order valence-corrected chi connectivity index (χ1v) is 10.4. The highest BCUT2D eigenvalue weighted by molar-refractivity contribution is 5.86. The second-order valence-electron chi connectivity index (χ2n) is 7.94. The summed E-state index contributed by atoms with van der Waals surface area (Å²) >= 11 is 0. The van der Waals surface area contributed by atoms with Crippen LogP contribution in [0.3, 0.4) is 0 Å². The molecule has 2 aromatic heterocycles. The summed E-state index contributed by atoms with van der Waals surface area (Å²) in [7, 11) is 0. The Kier molecular flexibility index (Phi) is 4.65. The lowest BCUT2D eigenvalue weighted by Crippen LogP contribution is -2.38. The topological polar surface area (TPSA) is 53.6 Å². The van der Waals surface area contributed by atoms with Gasteiger partial charge in [0.15, 0.2) is 5.65 Å². The summed E-state index contributed by atoms with van der Waals surface area (Å²) in [6.45, 7) is 7.23. The number of fused-ring (bicyclic) bond motifs is 3. The van der Waals surface area contributed by atoms with Gasteiger partial charge in [0.05, 0.1) is 29.8 Å². The molecule has 0 atom stereocenters. The average Bonchev–Trinajstić information content (AvgIpc) is 3.15. The fourth-order valence-corrected chi connectivity index (χ4v) is 4.39. The number of nitrogens with zero attached hydrogens (tertiary/aromatic N) is 4. The summed E-state index contributed by atoms with van der Waals surface area (Å²) in [4.78, 5) is 7.24. The maximum atomic E-state index is 10.0. The SMILES string of the molecule is Cc1ccc(Cc2c(C)c(C#N)c3nc4ccccc4n3c2N2CCOCC2)cc1. The molecule has 3 heterocycles. The standard InChI is InChI=1S/C25H24N4O/c1-17-7-9-19(10-8-17)15-20-18(2)21(16-26)24-27-22-5-3-4-6-23(22)29(24)25(20)28-11-13-30-14-12-28/h3-10H,11-15H2,1-2H3. The van der Waals surface area contributed by atoms with Gasteiger partial charge in [-0.25, -0.2) is 4.98 Å². The molecule has 0 spiro atoms. The number of ether oxygens (including phenoxy) is 1. The number of para-hydroxylation sites is 2. The van der Waals surface area contributed by atoms with Crippen LogP contribution in [-0.4, -0.2) is 35.7 Å². The monoisotopic (exact) mass is 396 g/mol. The van der Waals surface area contributed by atoms with Crippen LogP contribution in [0.4, 0.5) is 5.82 Å². The fourth-order valence-electron chi connectivity index (χ4n) is 4.39. The van der Waals surface area contributed by atoms with Crippen LogP contribution in [0.1, 0.15) is 27.8 Å². The van der Waals surface area contributed by atoms with Gasteiger partial charge in [-0.1, -0.05) is 42.0 Å². The van der Waals surface area contributed by atoms with Crippen LogP contribution in [-0.2, 0) is 11.2 Å². The van der Waals surface area contributed by atoms with Crippen molar-refractivity contribution in [2.75, 3.05) is 31.2 Å². The Morgan fingerprint density at radius 2 is 1.77 bits per heavy atom. The largest absolute Gasteiger partial charge is 0.378 e. The van der Waals surface area contributed by atoms with E-state index in [0.717, 1.165) is 47.6 Å². The van der Waals surface area contributed by atoms with Gasteiger partial charge in [0.1, 0.15) is 11.9 Å². The van der Waals surface area contributed by atoms with Gasteiger partial charge in [-0.05, 0) is 37.1 Å². The first-order chi connectivity index (χ1) is 14.7. The number of aryl methyl sites for hydroxylation is 1. The number of nitriles is 1. The van der Waals surface area contributed by atoms with Crippen molar-refractivity contribution in [1.82, 2.24) is 9.38 Å². The molecule has 1 aliphatic heterocycles. The van der Waals surface area contributed by atoms with Crippen molar-refractivity contribution in [2.24, 2.45) is 0 Å². The second-order valence-corrected chi connectivity index (χ2v) is 7.94. The molecule has 150 valence electrons. The van der Waals surface area contributed by atoms with Crippen LogP contribution in [0, 0.1) is 25.2 Å². The van der Waals surface area contributed by atoms with E-state index in [1.807, 2.05) is 18.2 Å². The summed E-state index contributed by atoms with van der Waals surface area (Å²) in [6, 6.07) is 19.2. The highest BCUT2D eigenvalue weighted by Gasteiger charge is 2.25. The summed E-state index contributed by atoms with van der Waals surface area (Å²) in [5.74, 6) is 1.14. The molecule has 0 unspecified atom stereocenters. The number of morpholine rings is 1. The number of hydrogen-bond donors (Lipinski definition) is 0. The zero-order chi connectivity index (χ0) is 20.7. The number of aromatic nitrogens is 2. The molecule has 5 rings (SSSR count). The van der Waals surface area contributed by atoms with Gasteiger partial charge in [0.25, 0.3) is 0 Å². The van der Waals surface area contributed by atoms with Crippen molar-refractivity contribution in [3.8, 4) is 6.07 Å². The van der Waals surface area contributed by atoms with Crippen LogP contribution in [0.25, 0.3) is 16.7 Å². The Labute approximate surface area is 176 Å². The van der Waals surface area contributed by atoms with E-state index in [-0.39, 0.29) is 0 Å². The third kappa shape index (κ3) is 3.01. The van der Waals surface area contributed by atoms with Gasteiger partial charge in [-0.3, -0.25) is 4.40 Å². The molecule has 1 aliphatic rings. The fraction of sp³-hybridized carbons (Fsp3) is 0.280. The van der Waals surface area contributed by atoms with Gasteiger partial charge < -0.3 is 9.64 Å². The van der Waals surface area contributed by atoms with Crippen molar-refractivity contribution in [3.63, 3.8) is 0 Å². The zero-order valence-electron chi connectivity index (χ0n) is 17.4. The summed E-state index contributed by atoms with van der Waals surface area (Å²) in [5, 5.41) is 10.0. The Bertz CT molecular complexity index is 1270. The smallest absolute Gasteiger partial charge is 0.157 e. The third-order valence-electron chi connectivity index (χ3n) is 6.02. The number of benzene rings is 2. The molecule has 0 radical (unpaired) electrons. The van der Waals surface area contributed by atoms with Crippen LogP contribution in [0.5, 0.6) is 0 Å². The summed E-state index contributed by atoms with van der Waals surface area (Å²) < 4.78 is 7.82. The molecule has 0 aliphatic carbocycles. The maximum Gasteiger partial charge on any atom is 0.157 e. The van der Waals surface area contributed by atoms with E-state index in [2.05, 4.69) is 59.5 Å². The summed E-state index contributed by atoms with van der Waals surface area (Å²) in [6.07, 6.45) is 0.774. The molecular formula is C25H24N4O. The van der Waals surface area contributed by atoms with Gasteiger partial charge in [-0.15, -0.1) is 0 Å². The third-order valence-corrected chi connectivity index (χ3v) is 6.02. The van der Waals surface area contributed by atoms with Crippen LogP contribution in [0.15, 0.2) is 48.5 Å². The van der Waals surface area contributed by atoms with Gasteiger partial charge in [0, 0.05) is 25.1 Å². The van der Waals surface area contributed by atoms with E-state index in [9.17, 15) is 5.26 Å². The van der Waals surface area contributed by atoms with Crippen LogP contribution >= 0.6 is 0 Å². The van der Waals surface area contributed by atoms with Crippen molar-refractivity contribution in [2.45, 2.75) is 20.3 Å². The van der Waals surface area contributed by atoms with E-state index < -0.39 is 0 Å². The lowest BCUT2D eigenvalue weighted by Gasteiger charge is -2.32. The highest BCUT2D eigenvalue weighted by atomic mass is 16.5. The molecule has 4 aromatic rings. The molecule has 30 heavy (non-hydrogen) atoms. The van der Waals surface area contributed by atoms with Crippen molar-refractivity contribution < 1.29 is 4.74 Å². The minimum atomic E-state index is 0.658. The Hall–Kier alpha value is -3.36. The van der Waals surface area contributed by atoms with Crippen molar-refractivity contribution in [1.29, 1.82) is 5.26 Å². The zero-order valence-corrected chi connectivity index (χ0v) is 17.4. The molecule has 5 nitrogen and oxygen atoms in total. The van der Waals surface area contributed by atoms with Gasteiger partial charge in [-0.2, -0.15) is 5.26 Å². The lowest BCUT2D eigenvalue weighted by atomic mass is 9.96. The Balaban J connectivity index is 1.84. The van der Waals surface area contributed by atoms with Crippen molar-refractivity contribution in [3.05, 3.63) is 76.3 Å². The molecule has 1 fully saturated rings. The number of rotatable bonds is 3. The Morgan fingerprint density at radius 1 is 1.03 bits per heavy atom.